The second-order valence-electron chi connectivity index (χ2n) is 8.75. The van der Waals surface area contributed by atoms with Crippen LogP contribution in [0.2, 0.25) is 0 Å². The molecule has 166 valence electrons. The van der Waals surface area contributed by atoms with Crippen molar-refractivity contribution >= 4 is 5.91 Å². The van der Waals surface area contributed by atoms with Crippen LogP contribution in [0.3, 0.4) is 0 Å². The highest BCUT2D eigenvalue weighted by Crippen LogP contribution is 2.45. The molecule has 1 aliphatic carbocycles. The molecule has 8 heteroatoms. The average molecular weight is 436 g/mol. The van der Waals surface area contributed by atoms with Gasteiger partial charge in [-0.05, 0) is 61.6 Å². The molecule has 2 aliphatic rings. The van der Waals surface area contributed by atoms with E-state index in [2.05, 4.69) is 10.1 Å². The van der Waals surface area contributed by atoms with Gasteiger partial charge in [0.2, 0.25) is 0 Å². The maximum Gasteiger partial charge on any atom is 0.260 e. The Morgan fingerprint density at radius 3 is 2.72 bits per heavy atom. The lowest BCUT2D eigenvalue weighted by Gasteiger charge is -2.41. The third-order valence-corrected chi connectivity index (χ3v) is 6.31. The first kappa shape index (κ1) is 20.6. The molecule has 1 saturated carbocycles. The van der Waals surface area contributed by atoms with Gasteiger partial charge in [-0.3, -0.25) is 9.78 Å². The van der Waals surface area contributed by atoms with Crippen molar-refractivity contribution in [1.82, 2.24) is 20.0 Å². The largest absolute Gasteiger partial charge is 0.484 e. The normalized spacial score (nSPS) is 20.8. The summed E-state index contributed by atoms with van der Waals surface area (Å²) in [6, 6.07) is 9.37. The fourth-order valence-corrected chi connectivity index (χ4v) is 4.48. The monoisotopic (exact) mass is 436 g/mol. The van der Waals surface area contributed by atoms with Crippen molar-refractivity contribution in [3.05, 3.63) is 60.4 Å². The zero-order valence-corrected chi connectivity index (χ0v) is 17.7. The molecule has 7 nitrogen and oxygen atoms in total. The van der Waals surface area contributed by atoms with Gasteiger partial charge in [-0.15, -0.1) is 0 Å². The number of ether oxygens (including phenoxy) is 1. The van der Waals surface area contributed by atoms with Crippen molar-refractivity contribution in [2.75, 3.05) is 19.7 Å². The summed E-state index contributed by atoms with van der Waals surface area (Å²) in [5.41, 5.74) is 0.511. The summed E-state index contributed by atoms with van der Waals surface area (Å²) in [5, 5.41) is 4.35. The van der Waals surface area contributed by atoms with Crippen LogP contribution >= 0.6 is 0 Å². The predicted octanol–water partition coefficient (Wildman–Crippen LogP) is 4.01. The lowest BCUT2D eigenvalue weighted by Crippen LogP contribution is -2.50. The van der Waals surface area contributed by atoms with Crippen LogP contribution in [0, 0.1) is 11.7 Å². The highest BCUT2D eigenvalue weighted by molar-refractivity contribution is 5.78. The third-order valence-electron chi connectivity index (χ3n) is 6.31. The van der Waals surface area contributed by atoms with E-state index in [9.17, 15) is 9.18 Å². The number of hydrogen-bond acceptors (Lipinski definition) is 6. The topological polar surface area (TPSA) is 81.4 Å². The van der Waals surface area contributed by atoms with Gasteiger partial charge in [-0.25, -0.2) is 4.39 Å². The van der Waals surface area contributed by atoms with Gasteiger partial charge in [0, 0.05) is 31.0 Å². The molecule has 2 aromatic heterocycles. The number of pyridine rings is 1. The van der Waals surface area contributed by atoms with E-state index in [0.717, 1.165) is 24.8 Å². The second kappa shape index (κ2) is 8.68. The highest BCUT2D eigenvalue weighted by atomic mass is 19.1. The predicted molar refractivity (Wildman–Crippen MR) is 114 cm³/mol. The van der Waals surface area contributed by atoms with Crippen LogP contribution in [0.15, 0.2) is 53.3 Å². The van der Waals surface area contributed by atoms with E-state index in [-0.39, 0.29) is 23.7 Å². The number of benzene rings is 1. The maximum absolute atomic E-state index is 13.1. The Balaban J connectivity index is 1.32. The van der Waals surface area contributed by atoms with Gasteiger partial charge in [0.1, 0.15) is 11.6 Å². The number of likely N-dealkylation sites (tertiary alicyclic amines) is 1. The molecule has 3 heterocycles. The SMILES string of the molecule is O=C(COc1ccc(F)cc1)N1CCCC(CC2CC2)(c2noc(-c3ccncc3)n2)C1. The lowest BCUT2D eigenvalue weighted by atomic mass is 9.75. The van der Waals surface area contributed by atoms with Crippen LogP contribution in [0.1, 0.15) is 37.9 Å². The Hall–Kier alpha value is -3.29. The van der Waals surface area contributed by atoms with Crippen LogP contribution in [-0.2, 0) is 10.2 Å². The van der Waals surface area contributed by atoms with Crippen molar-refractivity contribution in [1.29, 1.82) is 0 Å². The first-order chi connectivity index (χ1) is 15.6. The lowest BCUT2D eigenvalue weighted by molar-refractivity contribution is -0.135. The van der Waals surface area contributed by atoms with Gasteiger partial charge >= 0.3 is 0 Å². The Kier molecular flexibility index (Phi) is 5.59. The number of aromatic nitrogens is 3. The van der Waals surface area contributed by atoms with Crippen LogP contribution in [0.4, 0.5) is 4.39 Å². The standard InChI is InChI=1S/C24H25FN4O3/c25-19-4-6-20(7-5-19)31-15-21(30)29-13-1-10-24(16-29,14-17-2-3-17)23-27-22(32-28-23)18-8-11-26-12-9-18/h4-9,11-12,17H,1-3,10,13-16H2. The number of nitrogens with zero attached hydrogens (tertiary/aromatic N) is 4. The summed E-state index contributed by atoms with van der Waals surface area (Å²) in [6.07, 6.45) is 8.54. The molecule has 1 amide bonds. The molecule has 1 saturated heterocycles. The fraction of sp³-hybridized carbons (Fsp3) is 0.417. The van der Waals surface area contributed by atoms with Crippen LogP contribution in [0.25, 0.3) is 11.5 Å². The molecular weight excluding hydrogens is 411 g/mol. The van der Waals surface area contributed by atoms with Crippen LogP contribution in [0.5, 0.6) is 5.75 Å². The van der Waals surface area contributed by atoms with Crippen LogP contribution < -0.4 is 4.74 Å². The Morgan fingerprint density at radius 1 is 1.19 bits per heavy atom. The van der Waals surface area contributed by atoms with Crippen molar-refractivity contribution in [2.24, 2.45) is 5.92 Å². The number of rotatable bonds is 7. The second-order valence-corrected chi connectivity index (χ2v) is 8.75. The maximum atomic E-state index is 13.1. The third kappa shape index (κ3) is 4.49. The Bertz CT molecular complexity index is 1070. The van der Waals surface area contributed by atoms with E-state index in [0.29, 0.717) is 36.5 Å². The first-order valence-electron chi connectivity index (χ1n) is 11.0. The molecule has 0 bridgehead atoms. The van der Waals surface area contributed by atoms with E-state index in [1.165, 1.54) is 37.1 Å². The Labute approximate surface area is 185 Å². The summed E-state index contributed by atoms with van der Waals surface area (Å²) in [6.45, 7) is 1.14. The summed E-state index contributed by atoms with van der Waals surface area (Å²) < 4.78 is 24.3. The summed E-state index contributed by atoms with van der Waals surface area (Å²) in [5.74, 6) is 1.83. The van der Waals surface area contributed by atoms with E-state index in [1.54, 1.807) is 12.4 Å². The summed E-state index contributed by atoms with van der Waals surface area (Å²) in [7, 11) is 0. The summed E-state index contributed by atoms with van der Waals surface area (Å²) in [4.78, 5) is 23.6. The molecule has 1 aliphatic heterocycles. The molecule has 1 atom stereocenters. The highest BCUT2D eigenvalue weighted by Gasteiger charge is 2.45. The minimum Gasteiger partial charge on any atom is -0.484 e. The Morgan fingerprint density at radius 2 is 1.97 bits per heavy atom. The number of amides is 1. The number of hydrogen-bond donors (Lipinski definition) is 0. The fourth-order valence-electron chi connectivity index (χ4n) is 4.48. The van der Waals surface area contributed by atoms with Crippen molar-refractivity contribution in [2.45, 2.75) is 37.5 Å². The van der Waals surface area contributed by atoms with Crippen LogP contribution in [-0.4, -0.2) is 45.6 Å². The van der Waals surface area contributed by atoms with E-state index < -0.39 is 0 Å². The van der Waals surface area contributed by atoms with E-state index >= 15 is 0 Å². The number of carbonyl (C=O) groups excluding carboxylic acids is 1. The molecule has 0 N–H and O–H groups in total. The summed E-state index contributed by atoms with van der Waals surface area (Å²) >= 11 is 0. The number of halogens is 1. The zero-order chi connectivity index (χ0) is 22.0. The van der Waals surface area contributed by atoms with Gasteiger partial charge in [0.25, 0.3) is 11.8 Å². The van der Waals surface area contributed by atoms with Crippen molar-refractivity contribution < 1.29 is 18.4 Å². The number of piperidine rings is 1. The minimum atomic E-state index is -0.337. The van der Waals surface area contributed by atoms with Crippen molar-refractivity contribution in [3.8, 4) is 17.2 Å². The minimum absolute atomic E-state index is 0.0837. The molecule has 32 heavy (non-hydrogen) atoms. The first-order valence-corrected chi connectivity index (χ1v) is 11.0. The molecule has 1 aromatic carbocycles. The quantitative estimate of drug-likeness (QED) is 0.557. The van der Waals surface area contributed by atoms with E-state index in [1.807, 2.05) is 17.0 Å². The van der Waals surface area contributed by atoms with Gasteiger partial charge < -0.3 is 14.2 Å². The molecule has 0 radical (unpaired) electrons. The zero-order valence-electron chi connectivity index (χ0n) is 17.7. The smallest absolute Gasteiger partial charge is 0.260 e. The molecule has 3 aromatic rings. The molecule has 2 fully saturated rings. The van der Waals surface area contributed by atoms with Gasteiger partial charge in [0.05, 0.1) is 5.41 Å². The number of carbonyl (C=O) groups is 1. The van der Waals surface area contributed by atoms with Gasteiger partial charge in [-0.1, -0.05) is 18.0 Å². The van der Waals surface area contributed by atoms with E-state index in [4.69, 9.17) is 14.2 Å². The van der Waals surface area contributed by atoms with Gasteiger partial charge in [0.15, 0.2) is 12.4 Å². The molecule has 0 spiro atoms. The molecular formula is C24H25FN4O3. The molecule has 1 unspecified atom stereocenters. The van der Waals surface area contributed by atoms with Gasteiger partial charge in [-0.2, -0.15) is 4.98 Å². The van der Waals surface area contributed by atoms with Crippen molar-refractivity contribution in [3.63, 3.8) is 0 Å². The molecule has 5 rings (SSSR count). The average Bonchev–Trinajstić information content (AvgIpc) is 3.49.